The number of thiazole rings is 1. The molecule has 0 radical (unpaired) electrons. The van der Waals surface area contributed by atoms with E-state index in [1.807, 2.05) is 35.8 Å². The number of nitrogens with two attached hydrogens (primary N) is 1. The molecular formula is C13H12N4S. The zero-order valence-corrected chi connectivity index (χ0v) is 10.4. The van der Waals surface area contributed by atoms with Crippen LogP contribution in [0.25, 0.3) is 10.9 Å². The molecule has 90 valence electrons. The molecule has 0 fully saturated rings. The summed E-state index contributed by atoms with van der Waals surface area (Å²) in [7, 11) is 0. The maximum atomic E-state index is 5.76. The Balaban J connectivity index is 1.92. The summed E-state index contributed by atoms with van der Waals surface area (Å²) < 4.78 is 0. The first-order valence-electron chi connectivity index (χ1n) is 5.59. The number of benzene rings is 1. The molecule has 5 heteroatoms. The summed E-state index contributed by atoms with van der Waals surface area (Å²) in [5.74, 6) is 0. The highest BCUT2D eigenvalue weighted by molar-refractivity contribution is 7.09. The van der Waals surface area contributed by atoms with Gasteiger partial charge in [0.05, 0.1) is 12.1 Å². The van der Waals surface area contributed by atoms with E-state index in [1.165, 1.54) is 0 Å². The number of nitrogens with zero attached hydrogens (tertiary/aromatic N) is 2. The molecule has 0 saturated carbocycles. The Morgan fingerprint density at radius 2 is 2.11 bits per heavy atom. The molecule has 3 aromatic rings. The van der Waals surface area contributed by atoms with Gasteiger partial charge in [-0.05, 0) is 24.3 Å². The van der Waals surface area contributed by atoms with Crippen molar-refractivity contribution < 1.29 is 0 Å². The van der Waals surface area contributed by atoms with Crippen LogP contribution in [0.2, 0.25) is 0 Å². The third kappa shape index (κ3) is 2.12. The van der Waals surface area contributed by atoms with E-state index in [1.54, 1.807) is 17.5 Å². The molecule has 3 N–H and O–H groups in total. The largest absolute Gasteiger partial charge is 0.399 e. The normalized spacial score (nSPS) is 10.7. The van der Waals surface area contributed by atoms with Crippen molar-refractivity contribution in [2.24, 2.45) is 0 Å². The van der Waals surface area contributed by atoms with E-state index in [4.69, 9.17) is 5.73 Å². The Morgan fingerprint density at radius 1 is 1.17 bits per heavy atom. The maximum Gasteiger partial charge on any atom is 0.112 e. The SMILES string of the molecule is Nc1ccc2c(NCc3nccs3)ccnc2c1. The summed E-state index contributed by atoms with van der Waals surface area (Å²) in [5, 5.41) is 7.49. The molecule has 0 spiro atoms. The zero-order valence-electron chi connectivity index (χ0n) is 9.63. The second-order valence-corrected chi connectivity index (χ2v) is 4.89. The number of nitrogens with one attached hydrogen (secondary N) is 1. The molecule has 1 aromatic carbocycles. The number of fused-ring (bicyclic) bond motifs is 1. The quantitative estimate of drug-likeness (QED) is 0.707. The molecule has 0 unspecified atom stereocenters. The number of aromatic nitrogens is 2. The lowest BCUT2D eigenvalue weighted by Gasteiger charge is -2.08. The fraction of sp³-hybridized carbons (Fsp3) is 0.0769. The molecule has 0 aliphatic heterocycles. The van der Waals surface area contributed by atoms with E-state index in [0.717, 1.165) is 33.8 Å². The van der Waals surface area contributed by atoms with Gasteiger partial charge in [-0.2, -0.15) is 0 Å². The first-order chi connectivity index (χ1) is 8.83. The topological polar surface area (TPSA) is 63.8 Å². The van der Waals surface area contributed by atoms with Crippen LogP contribution >= 0.6 is 11.3 Å². The fourth-order valence-corrected chi connectivity index (χ4v) is 2.39. The van der Waals surface area contributed by atoms with Crippen LogP contribution in [0.1, 0.15) is 5.01 Å². The van der Waals surface area contributed by atoms with Gasteiger partial charge in [-0.3, -0.25) is 4.98 Å². The molecule has 4 nitrogen and oxygen atoms in total. The van der Waals surface area contributed by atoms with Gasteiger partial charge in [-0.25, -0.2) is 4.98 Å². The van der Waals surface area contributed by atoms with Gasteiger partial charge >= 0.3 is 0 Å². The van der Waals surface area contributed by atoms with Crippen molar-refractivity contribution in [2.45, 2.75) is 6.54 Å². The maximum absolute atomic E-state index is 5.76. The Labute approximate surface area is 109 Å². The predicted octanol–water partition coefficient (Wildman–Crippen LogP) is 2.89. The summed E-state index contributed by atoms with van der Waals surface area (Å²) in [6.45, 7) is 0.723. The van der Waals surface area contributed by atoms with Crippen LogP contribution < -0.4 is 11.1 Å². The number of nitrogen functional groups attached to an aromatic ring is 1. The van der Waals surface area contributed by atoms with Crippen LogP contribution in [0, 0.1) is 0 Å². The minimum atomic E-state index is 0.723. The van der Waals surface area contributed by atoms with E-state index in [0.29, 0.717) is 0 Å². The third-order valence-electron chi connectivity index (χ3n) is 2.68. The zero-order chi connectivity index (χ0) is 12.4. The molecule has 0 aliphatic carbocycles. The van der Waals surface area contributed by atoms with Gasteiger partial charge in [-0.1, -0.05) is 0 Å². The lowest BCUT2D eigenvalue weighted by Crippen LogP contribution is -2.00. The Hall–Kier alpha value is -2.14. The lowest BCUT2D eigenvalue weighted by atomic mass is 10.1. The standard InChI is InChI=1S/C13H12N4S/c14-9-1-2-10-11(3-4-15-12(10)7-9)17-8-13-16-5-6-18-13/h1-7H,8,14H2,(H,15,17). The minimum Gasteiger partial charge on any atom is -0.399 e. The number of hydrogen-bond acceptors (Lipinski definition) is 5. The number of hydrogen-bond donors (Lipinski definition) is 2. The highest BCUT2D eigenvalue weighted by Gasteiger charge is 2.02. The van der Waals surface area contributed by atoms with Crippen molar-refractivity contribution in [1.29, 1.82) is 0 Å². The van der Waals surface area contributed by atoms with E-state index in [2.05, 4.69) is 15.3 Å². The fourth-order valence-electron chi connectivity index (χ4n) is 1.83. The van der Waals surface area contributed by atoms with Crippen molar-refractivity contribution in [2.75, 3.05) is 11.1 Å². The highest BCUT2D eigenvalue weighted by Crippen LogP contribution is 2.23. The molecule has 0 aliphatic rings. The summed E-state index contributed by atoms with van der Waals surface area (Å²) in [4.78, 5) is 8.56. The molecule has 0 saturated heterocycles. The minimum absolute atomic E-state index is 0.723. The number of pyridine rings is 1. The van der Waals surface area contributed by atoms with Gasteiger partial charge in [0.1, 0.15) is 5.01 Å². The second kappa shape index (κ2) is 4.62. The highest BCUT2D eigenvalue weighted by atomic mass is 32.1. The summed E-state index contributed by atoms with van der Waals surface area (Å²) in [6, 6.07) is 7.72. The Bertz CT molecular complexity index is 664. The third-order valence-corrected chi connectivity index (χ3v) is 3.46. The van der Waals surface area contributed by atoms with Crippen LogP contribution in [0.5, 0.6) is 0 Å². The first-order valence-corrected chi connectivity index (χ1v) is 6.47. The number of anilines is 2. The average molecular weight is 256 g/mol. The van der Waals surface area contributed by atoms with Crippen molar-refractivity contribution in [1.82, 2.24) is 9.97 Å². The molecule has 0 atom stereocenters. The van der Waals surface area contributed by atoms with Gasteiger partial charge in [0, 0.05) is 34.5 Å². The van der Waals surface area contributed by atoms with Crippen molar-refractivity contribution in [3.05, 3.63) is 47.0 Å². The number of rotatable bonds is 3. The second-order valence-electron chi connectivity index (χ2n) is 3.91. The van der Waals surface area contributed by atoms with Crippen molar-refractivity contribution in [3.8, 4) is 0 Å². The predicted molar refractivity (Wildman–Crippen MR) is 75.6 cm³/mol. The van der Waals surface area contributed by atoms with E-state index >= 15 is 0 Å². The summed E-state index contributed by atoms with van der Waals surface area (Å²) >= 11 is 1.64. The smallest absolute Gasteiger partial charge is 0.112 e. The van der Waals surface area contributed by atoms with Gasteiger partial charge in [0.25, 0.3) is 0 Å². The van der Waals surface area contributed by atoms with Crippen LogP contribution in [0.4, 0.5) is 11.4 Å². The van der Waals surface area contributed by atoms with Crippen LogP contribution in [0.15, 0.2) is 42.0 Å². The summed E-state index contributed by atoms with van der Waals surface area (Å²) in [6.07, 6.45) is 3.60. The molecule has 2 aromatic heterocycles. The monoisotopic (exact) mass is 256 g/mol. The summed E-state index contributed by atoms with van der Waals surface area (Å²) in [5.41, 5.74) is 8.44. The lowest BCUT2D eigenvalue weighted by molar-refractivity contribution is 1.11. The van der Waals surface area contributed by atoms with Crippen molar-refractivity contribution >= 4 is 33.6 Å². The molecular weight excluding hydrogens is 244 g/mol. The Morgan fingerprint density at radius 3 is 2.94 bits per heavy atom. The molecule has 0 amide bonds. The van der Waals surface area contributed by atoms with Crippen molar-refractivity contribution in [3.63, 3.8) is 0 Å². The first kappa shape index (κ1) is 11.0. The van der Waals surface area contributed by atoms with Gasteiger partial charge in [0.15, 0.2) is 0 Å². The van der Waals surface area contributed by atoms with E-state index in [9.17, 15) is 0 Å². The van der Waals surface area contributed by atoms with Gasteiger partial charge in [0.2, 0.25) is 0 Å². The van der Waals surface area contributed by atoms with E-state index < -0.39 is 0 Å². The van der Waals surface area contributed by atoms with Crippen LogP contribution in [-0.4, -0.2) is 9.97 Å². The molecule has 18 heavy (non-hydrogen) atoms. The molecule has 0 bridgehead atoms. The van der Waals surface area contributed by atoms with Gasteiger partial charge in [-0.15, -0.1) is 11.3 Å². The van der Waals surface area contributed by atoms with E-state index in [-0.39, 0.29) is 0 Å². The molecule has 3 rings (SSSR count). The van der Waals surface area contributed by atoms with Gasteiger partial charge < -0.3 is 11.1 Å². The average Bonchev–Trinajstić information content (AvgIpc) is 2.89. The van der Waals surface area contributed by atoms with Crippen LogP contribution in [-0.2, 0) is 6.54 Å². The Kier molecular flexibility index (Phi) is 2.82. The molecule has 2 heterocycles. The van der Waals surface area contributed by atoms with Crippen LogP contribution in [0.3, 0.4) is 0 Å².